The van der Waals surface area contributed by atoms with E-state index in [0.29, 0.717) is 13.0 Å². The molecular formula is C16H32N4O2. The number of amides is 2. The second kappa shape index (κ2) is 10.6. The molecule has 0 saturated carbocycles. The van der Waals surface area contributed by atoms with Crippen LogP contribution in [0, 0.1) is 0 Å². The summed E-state index contributed by atoms with van der Waals surface area (Å²) in [5.41, 5.74) is 0. The highest BCUT2D eigenvalue weighted by Gasteiger charge is 2.21. The van der Waals surface area contributed by atoms with Crippen LogP contribution < -0.4 is 5.32 Å². The molecule has 1 saturated heterocycles. The quantitative estimate of drug-likeness (QED) is 0.659. The Morgan fingerprint density at radius 2 is 1.82 bits per heavy atom. The van der Waals surface area contributed by atoms with Gasteiger partial charge in [0.05, 0.1) is 6.54 Å². The molecule has 1 N–H and O–H groups in total. The number of nitrogens with one attached hydrogen (secondary N) is 1. The highest BCUT2D eigenvalue weighted by Crippen LogP contribution is 2.06. The minimum atomic E-state index is 0.193. The molecule has 0 radical (unpaired) electrons. The smallest absolute Gasteiger partial charge is 0.236 e. The lowest BCUT2D eigenvalue weighted by atomic mass is 10.2. The summed E-state index contributed by atoms with van der Waals surface area (Å²) >= 11 is 0. The van der Waals surface area contributed by atoms with Crippen LogP contribution in [0.1, 0.15) is 33.1 Å². The maximum Gasteiger partial charge on any atom is 0.236 e. The Bertz CT molecular complexity index is 345. The molecule has 1 aliphatic rings. The van der Waals surface area contributed by atoms with Gasteiger partial charge in [-0.15, -0.1) is 0 Å². The third-order valence-corrected chi connectivity index (χ3v) is 4.23. The molecule has 0 aromatic rings. The van der Waals surface area contributed by atoms with Gasteiger partial charge in [-0.25, -0.2) is 0 Å². The van der Waals surface area contributed by atoms with Crippen molar-refractivity contribution in [2.45, 2.75) is 33.1 Å². The van der Waals surface area contributed by atoms with E-state index in [-0.39, 0.29) is 11.8 Å². The van der Waals surface area contributed by atoms with E-state index in [1.807, 2.05) is 30.7 Å². The van der Waals surface area contributed by atoms with Crippen LogP contribution in [0.3, 0.4) is 0 Å². The van der Waals surface area contributed by atoms with Gasteiger partial charge in [0.25, 0.3) is 0 Å². The Hall–Kier alpha value is -1.14. The number of rotatable bonds is 8. The number of hydrogen-bond donors (Lipinski definition) is 1. The maximum absolute atomic E-state index is 12.2. The Labute approximate surface area is 134 Å². The van der Waals surface area contributed by atoms with Crippen LogP contribution in [0.4, 0.5) is 0 Å². The summed E-state index contributed by atoms with van der Waals surface area (Å²) in [4.78, 5) is 30.3. The monoisotopic (exact) mass is 312 g/mol. The van der Waals surface area contributed by atoms with Crippen LogP contribution in [0.2, 0.25) is 0 Å². The van der Waals surface area contributed by atoms with Gasteiger partial charge in [-0.3, -0.25) is 14.5 Å². The van der Waals surface area contributed by atoms with E-state index >= 15 is 0 Å². The largest absolute Gasteiger partial charge is 0.342 e. The number of likely N-dealkylation sites (N-methyl/N-ethyl adjacent to an activating group) is 1. The molecule has 0 unspecified atom stereocenters. The lowest BCUT2D eigenvalue weighted by molar-refractivity contribution is -0.132. The van der Waals surface area contributed by atoms with Crippen LogP contribution >= 0.6 is 0 Å². The van der Waals surface area contributed by atoms with E-state index in [0.717, 1.165) is 58.7 Å². The van der Waals surface area contributed by atoms with Crippen LogP contribution in [-0.4, -0.2) is 85.9 Å². The first-order chi connectivity index (χ1) is 10.6. The Morgan fingerprint density at radius 1 is 1.09 bits per heavy atom. The summed E-state index contributed by atoms with van der Waals surface area (Å²) < 4.78 is 0. The summed E-state index contributed by atoms with van der Waals surface area (Å²) in [5, 5.41) is 3.07. The second-order valence-corrected chi connectivity index (χ2v) is 5.78. The van der Waals surface area contributed by atoms with Crippen molar-refractivity contribution in [1.82, 2.24) is 20.0 Å². The average molecular weight is 312 g/mol. The minimum Gasteiger partial charge on any atom is -0.342 e. The lowest BCUT2D eigenvalue weighted by Gasteiger charge is -2.25. The van der Waals surface area contributed by atoms with E-state index in [9.17, 15) is 9.59 Å². The third kappa shape index (κ3) is 6.32. The van der Waals surface area contributed by atoms with Crippen molar-refractivity contribution in [2.75, 3.05) is 59.4 Å². The van der Waals surface area contributed by atoms with E-state index < -0.39 is 0 Å². The predicted octanol–water partition coefficient (Wildman–Crippen LogP) is 0.389. The summed E-state index contributed by atoms with van der Waals surface area (Å²) in [5.74, 6) is 0.436. The van der Waals surface area contributed by atoms with E-state index in [4.69, 9.17) is 0 Å². The lowest BCUT2D eigenvalue weighted by Crippen LogP contribution is -2.42. The maximum atomic E-state index is 12.2. The molecule has 6 nitrogen and oxygen atoms in total. The van der Waals surface area contributed by atoms with Crippen molar-refractivity contribution in [1.29, 1.82) is 0 Å². The molecule has 1 heterocycles. The van der Waals surface area contributed by atoms with Gasteiger partial charge >= 0.3 is 0 Å². The number of nitrogens with zero attached hydrogens (tertiary/aromatic N) is 3. The number of carbonyl (C=O) groups excluding carboxylic acids is 2. The zero-order chi connectivity index (χ0) is 16.4. The molecule has 128 valence electrons. The molecule has 0 aromatic heterocycles. The topological polar surface area (TPSA) is 55.9 Å². The van der Waals surface area contributed by atoms with E-state index in [1.165, 1.54) is 0 Å². The summed E-state index contributed by atoms with van der Waals surface area (Å²) in [6, 6.07) is 0. The molecule has 1 rings (SSSR count). The molecule has 0 atom stereocenters. The van der Waals surface area contributed by atoms with Gasteiger partial charge < -0.3 is 15.1 Å². The zero-order valence-corrected chi connectivity index (χ0v) is 14.4. The average Bonchev–Trinajstić information content (AvgIpc) is 2.74. The molecule has 0 bridgehead atoms. The van der Waals surface area contributed by atoms with Crippen molar-refractivity contribution >= 4 is 11.8 Å². The standard InChI is InChI=1S/C16H32N4O2/c1-4-19(5-2)16(22)14-18-10-7-11-20(13-12-18)15(21)8-6-9-17-3/h17H,4-14H2,1-3H3. The van der Waals surface area contributed by atoms with Gasteiger partial charge in [0, 0.05) is 45.7 Å². The van der Waals surface area contributed by atoms with Crippen molar-refractivity contribution < 1.29 is 9.59 Å². The van der Waals surface area contributed by atoms with Crippen LogP contribution in [0.15, 0.2) is 0 Å². The zero-order valence-electron chi connectivity index (χ0n) is 14.4. The van der Waals surface area contributed by atoms with Crippen LogP contribution in [-0.2, 0) is 9.59 Å². The molecule has 1 fully saturated rings. The van der Waals surface area contributed by atoms with Crippen molar-refractivity contribution in [3.05, 3.63) is 0 Å². The highest BCUT2D eigenvalue weighted by molar-refractivity contribution is 5.78. The van der Waals surface area contributed by atoms with E-state index in [2.05, 4.69) is 10.2 Å². The van der Waals surface area contributed by atoms with Crippen molar-refractivity contribution in [3.8, 4) is 0 Å². The molecule has 2 amide bonds. The van der Waals surface area contributed by atoms with Gasteiger partial charge in [-0.2, -0.15) is 0 Å². The fourth-order valence-corrected chi connectivity index (χ4v) is 2.82. The van der Waals surface area contributed by atoms with Crippen LogP contribution in [0.5, 0.6) is 0 Å². The fraction of sp³-hybridized carbons (Fsp3) is 0.875. The van der Waals surface area contributed by atoms with Gasteiger partial charge in [-0.1, -0.05) is 0 Å². The van der Waals surface area contributed by atoms with Crippen LogP contribution in [0.25, 0.3) is 0 Å². The first-order valence-electron chi connectivity index (χ1n) is 8.54. The van der Waals surface area contributed by atoms with Gasteiger partial charge in [0.1, 0.15) is 0 Å². The number of carbonyl (C=O) groups is 2. The SMILES string of the molecule is CCN(CC)C(=O)CN1CCCN(C(=O)CCCNC)CC1. The highest BCUT2D eigenvalue weighted by atomic mass is 16.2. The van der Waals surface area contributed by atoms with Gasteiger partial charge in [0.2, 0.25) is 11.8 Å². The predicted molar refractivity (Wildman–Crippen MR) is 88.7 cm³/mol. The first-order valence-corrected chi connectivity index (χ1v) is 8.54. The summed E-state index contributed by atoms with van der Waals surface area (Å²) in [7, 11) is 1.90. The van der Waals surface area contributed by atoms with Crippen molar-refractivity contribution in [3.63, 3.8) is 0 Å². The minimum absolute atomic E-state index is 0.193. The van der Waals surface area contributed by atoms with E-state index in [1.54, 1.807) is 0 Å². The molecule has 6 heteroatoms. The first kappa shape index (κ1) is 18.9. The molecular weight excluding hydrogens is 280 g/mol. The third-order valence-electron chi connectivity index (χ3n) is 4.23. The normalized spacial score (nSPS) is 16.4. The fourth-order valence-electron chi connectivity index (χ4n) is 2.82. The summed E-state index contributed by atoms with van der Waals surface area (Å²) in [6.07, 6.45) is 2.44. The molecule has 0 spiro atoms. The second-order valence-electron chi connectivity index (χ2n) is 5.78. The summed E-state index contributed by atoms with van der Waals surface area (Å²) in [6.45, 7) is 10.1. The Kier molecular flexibility index (Phi) is 9.08. The van der Waals surface area contributed by atoms with Gasteiger partial charge in [0.15, 0.2) is 0 Å². The van der Waals surface area contributed by atoms with Crippen molar-refractivity contribution in [2.24, 2.45) is 0 Å². The van der Waals surface area contributed by atoms with Gasteiger partial charge in [-0.05, 0) is 40.3 Å². The molecule has 22 heavy (non-hydrogen) atoms. The molecule has 1 aliphatic heterocycles. The Balaban J connectivity index is 2.38. The molecule has 0 aromatic carbocycles. The number of hydrogen-bond acceptors (Lipinski definition) is 4. The Morgan fingerprint density at radius 3 is 2.45 bits per heavy atom. The molecule has 0 aliphatic carbocycles.